The van der Waals surface area contributed by atoms with Gasteiger partial charge in [-0.3, -0.25) is 4.90 Å². The van der Waals surface area contributed by atoms with Crippen molar-refractivity contribution in [2.45, 2.75) is 44.6 Å². The van der Waals surface area contributed by atoms with Gasteiger partial charge in [-0.05, 0) is 44.0 Å². The van der Waals surface area contributed by atoms with Gasteiger partial charge in [-0.1, -0.05) is 44.0 Å². The quantitative estimate of drug-likeness (QED) is 0.782. The topological polar surface area (TPSA) is 29.3 Å². The number of hydrogen-bond donors (Lipinski definition) is 1. The van der Waals surface area contributed by atoms with Gasteiger partial charge in [-0.2, -0.15) is 0 Å². The Morgan fingerprint density at radius 3 is 2.28 bits per heavy atom. The first-order valence-electron chi connectivity index (χ1n) is 7.20. The summed E-state index contributed by atoms with van der Waals surface area (Å²) in [4.78, 5) is 2.50. The van der Waals surface area contributed by atoms with Gasteiger partial charge in [0, 0.05) is 12.1 Å². The molecule has 0 saturated heterocycles. The first kappa shape index (κ1) is 13.6. The van der Waals surface area contributed by atoms with E-state index in [0.717, 1.165) is 19.4 Å². The fourth-order valence-electron chi connectivity index (χ4n) is 3.08. The van der Waals surface area contributed by atoms with Crippen molar-refractivity contribution in [1.82, 2.24) is 4.90 Å². The Bertz CT molecular complexity index is 361. The number of nitrogens with zero attached hydrogens (tertiary/aromatic N) is 1. The van der Waals surface area contributed by atoms with Crippen molar-refractivity contribution in [2.75, 3.05) is 20.1 Å². The lowest BCUT2D eigenvalue weighted by Gasteiger charge is -2.38. The molecule has 18 heavy (non-hydrogen) atoms. The predicted octanol–water partition coefficient (Wildman–Crippen LogP) is 2.60. The Balaban J connectivity index is 2.05. The Morgan fingerprint density at radius 1 is 1.17 bits per heavy atom. The van der Waals surface area contributed by atoms with Gasteiger partial charge in [0.15, 0.2) is 0 Å². The molecule has 100 valence electrons. The normalized spacial score (nSPS) is 17.1. The van der Waals surface area contributed by atoms with Crippen molar-refractivity contribution in [1.29, 1.82) is 0 Å². The minimum Gasteiger partial charge on any atom is -0.329 e. The van der Waals surface area contributed by atoms with Crippen LogP contribution in [0, 0.1) is 0 Å². The molecule has 1 aliphatic rings. The number of fused-ring (bicyclic) bond motifs is 1. The van der Waals surface area contributed by atoms with Crippen molar-refractivity contribution in [3.63, 3.8) is 0 Å². The SMILES string of the molecule is CCCCCN(C)C1(CN)Cc2ccccc2C1. The molecule has 2 nitrogen and oxygen atoms in total. The molecule has 0 bridgehead atoms. The van der Waals surface area contributed by atoms with Crippen LogP contribution in [0.25, 0.3) is 0 Å². The van der Waals surface area contributed by atoms with E-state index in [1.165, 1.54) is 36.9 Å². The van der Waals surface area contributed by atoms with Crippen molar-refractivity contribution >= 4 is 0 Å². The summed E-state index contributed by atoms with van der Waals surface area (Å²) >= 11 is 0. The van der Waals surface area contributed by atoms with E-state index in [0.29, 0.717) is 0 Å². The maximum Gasteiger partial charge on any atom is 0.0409 e. The number of hydrogen-bond acceptors (Lipinski definition) is 2. The molecular formula is C16H26N2. The third-order valence-corrected chi connectivity index (χ3v) is 4.44. The summed E-state index contributed by atoms with van der Waals surface area (Å²) < 4.78 is 0. The summed E-state index contributed by atoms with van der Waals surface area (Å²) in [6.07, 6.45) is 6.11. The van der Waals surface area contributed by atoms with Gasteiger partial charge in [0.2, 0.25) is 0 Å². The molecular weight excluding hydrogens is 220 g/mol. The highest BCUT2D eigenvalue weighted by Gasteiger charge is 2.38. The average molecular weight is 246 g/mol. The monoisotopic (exact) mass is 246 g/mol. The second-order valence-electron chi connectivity index (χ2n) is 5.68. The van der Waals surface area contributed by atoms with Crippen molar-refractivity contribution < 1.29 is 0 Å². The summed E-state index contributed by atoms with van der Waals surface area (Å²) in [5, 5.41) is 0. The zero-order chi connectivity index (χ0) is 13.0. The average Bonchev–Trinajstić information content (AvgIpc) is 2.78. The summed E-state index contributed by atoms with van der Waals surface area (Å²) in [6.45, 7) is 4.17. The van der Waals surface area contributed by atoms with Gasteiger partial charge in [-0.25, -0.2) is 0 Å². The molecule has 2 N–H and O–H groups in total. The first-order chi connectivity index (χ1) is 8.72. The summed E-state index contributed by atoms with van der Waals surface area (Å²) in [6, 6.07) is 8.80. The highest BCUT2D eigenvalue weighted by atomic mass is 15.2. The zero-order valence-electron chi connectivity index (χ0n) is 11.8. The van der Waals surface area contributed by atoms with Crippen LogP contribution in [0.5, 0.6) is 0 Å². The van der Waals surface area contributed by atoms with E-state index in [9.17, 15) is 0 Å². The van der Waals surface area contributed by atoms with Gasteiger partial charge in [0.1, 0.15) is 0 Å². The van der Waals surface area contributed by atoms with E-state index in [4.69, 9.17) is 5.73 Å². The Hall–Kier alpha value is -0.860. The summed E-state index contributed by atoms with van der Waals surface area (Å²) in [5.41, 5.74) is 9.26. The van der Waals surface area contributed by atoms with E-state index in [1.54, 1.807) is 0 Å². The maximum absolute atomic E-state index is 6.11. The molecule has 0 saturated carbocycles. The van der Waals surface area contributed by atoms with Gasteiger partial charge >= 0.3 is 0 Å². The molecule has 0 fully saturated rings. The van der Waals surface area contributed by atoms with Crippen LogP contribution in [-0.4, -0.2) is 30.6 Å². The standard InChI is InChI=1S/C16H26N2/c1-3-4-7-10-18(2)16(13-17)11-14-8-5-6-9-15(14)12-16/h5-6,8-9H,3-4,7,10-13,17H2,1-2H3. The molecule has 1 aliphatic carbocycles. The Kier molecular flexibility index (Phi) is 4.41. The fraction of sp³-hybridized carbons (Fsp3) is 0.625. The molecule has 0 radical (unpaired) electrons. The summed E-state index contributed by atoms with van der Waals surface area (Å²) in [7, 11) is 2.24. The number of unbranched alkanes of at least 4 members (excludes halogenated alkanes) is 2. The van der Waals surface area contributed by atoms with Crippen LogP contribution in [0.15, 0.2) is 24.3 Å². The van der Waals surface area contributed by atoms with Crippen LogP contribution in [0.3, 0.4) is 0 Å². The van der Waals surface area contributed by atoms with Crippen LogP contribution in [0.4, 0.5) is 0 Å². The fourth-order valence-corrected chi connectivity index (χ4v) is 3.08. The molecule has 1 aromatic carbocycles. The minimum absolute atomic E-state index is 0.164. The van der Waals surface area contributed by atoms with Crippen molar-refractivity contribution in [3.05, 3.63) is 35.4 Å². The third-order valence-electron chi connectivity index (χ3n) is 4.44. The van der Waals surface area contributed by atoms with E-state index in [1.807, 2.05) is 0 Å². The van der Waals surface area contributed by atoms with Gasteiger partial charge in [0.05, 0.1) is 0 Å². The third kappa shape index (κ3) is 2.60. The molecule has 2 rings (SSSR count). The van der Waals surface area contributed by atoms with Gasteiger partial charge in [0.25, 0.3) is 0 Å². The van der Waals surface area contributed by atoms with Crippen molar-refractivity contribution in [3.8, 4) is 0 Å². The minimum atomic E-state index is 0.164. The Labute approximate surface area is 111 Å². The summed E-state index contributed by atoms with van der Waals surface area (Å²) in [5.74, 6) is 0. The van der Waals surface area contributed by atoms with Gasteiger partial charge < -0.3 is 5.73 Å². The molecule has 1 aromatic rings. The predicted molar refractivity (Wildman–Crippen MR) is 77.8 cm³/mol. The number of benzene rings is 1. The number of nitrogens with two attached hydrogens (primary N) is 1. The molecule has 0 amide bonds. The Morgan fingerprint density at radius 2 is 1.78 bits per heavy atom. The second-order valence-corrected chi connectivity index (χ2v) is 5.68. The van der Waals surface area contributed by atoms with Crippen LogP contribution in [0.1, 0.15) is 37.3 Å². The van der Waals surface area contributed by atoms with E-state index in [2.05, 4.69) is 43.1 Å². The zero-order valence-corrected chi connectivity index (χ0v) is 11.8. The van der Waals surface area contributed by atoms with E-state index >= 15 is 0 Å². The van der Waals surface area contributed by atoms with Crippen LogP contribution < -0.4 is 5.73 Å². The van der Waals surface area contributed by atoms with Crippen LogP contribution in [0.2, 0.25) is 0 Å². The maximum atomic E-state index is 6.11. The number of likely N-dealkylation sites (N-methyl/N-ethyl adjacent to an activating group) is 1. The second kappa shape index (κ2) is 5.85. The molecule has 0 spiro atoms. The highest BCUT2D eigenvalue weighted by Crippen LogP contribution is 2.33. The molecule has 0 unspecified atom stereocenters. The van der Waals surface area contributed by atoms with E-state index in [-0.39, 0.29) is 5.54 Å². The lowest BCUT2D eigenvalue weighted by atomic mass is 9.93. The molecule has 0 aliphatic heterocycles. The molecule has 0 atom stereocenters. The smallest absolute Gasteiger partial charge is 0.0409 e. The van der Waals surface area contributed by atoms with E-state index < -0.39 is 0 Å². The van der Waals surface area contributed by atoms with Crippen LogP contribution >= 0.6 is 0 Å². The van der Waals surface area contributed by atoms with Gasteiger partial charge in [-0.15, -0.1) is 0 Å². The van der Waals surface area contributed by atoms with Crippen LogP contribution in [-0.2, 0) is 12.8 Å². The molecule has 2 heteroatoms. The number of rotatable bonds is 6. The lowest BCUT2D eigenvalue weighted by molar-refractivity contribution is 0.133. The largest absolute Gasteiger partial charge is 0.329 e. The highest BCUT2D eigenvalue weighted by molar-refractivity contribution is 5.36. The lowest BCUT2D eigenvalue weighted by Crippen LogP contribution is -2.53. The molecule has 0 aromatic heterocycles. The first-order valence-corrected chi connectivity index (χ1v) is 7.20. The van der Waals surface area contributed by atoms with Crippen molar-refractivity contribution in [2.24, 2.45) is 5.73 Å². The molecule has 0 heterocycles.